The van der Waals surface area contributed by atoms with Crippen LogP contribution in [0.5, 0.6) is 0 Å². The number of aromatic nitrogens is 2. The normalized spacial score (nSPS) is 16.9. The number of hydrogen-bond acceptors (Lipinski definition) is 4. The summed E-state index contributed by atoms with van der Waals surface area (Å²) in [5.41, 5.74) is 9.36. The molecule has 0 unspecified atom stereocenters. The molecule has 0 saturated heterocycles. The molecule has 4 nitrogen and oxygen atoms in total. The topological polar surface area (TPSA) is 64.9 Å². The zero-order chi connectivity index (χ0) is 13.5. The summed E-state index contributed by atoms with van der Waals surface area (Å²) in [6.45, 7) is 4.15. The first kappa shape index (κ1) is 15.0. The molecule has 0 atom stereocenters. The number of aryl methyl sites for hydroxylation is 1. The van der Waals surface area contributed by atoms with Gasteiger partial charge < -0.3 is 10.3 Å². The minimum atomic E-state index is -0.389. The summed E-state index contributed by atoms with van der Waals surface area (Å²) in [6, 6.07) is 6.10. The Morgan fingerprint density at radius 3 is 2.60 bits per heavy atom. The zero-order valence-electron chi connectivity index (χ0n) is 11.8. The molecule has 20 heavy (non-hydrogen) atoms. The molecule has 2 N–H and O–H groups in total. The summed E-state index contributed by atoms with van der Waals surface area (Å²) in [5, 5.41) is 4.11. The monoisotopic (exact) mass is 293 g/mol. The molecule has 0 bridgehead atoms. The summed E-state index contributed by atoms with van der Waals surface area (Å²) in [4.78, 5) is 4.53. The maximum atomic E-state index is 6.35. The van der Waals surface area contributed by atoms with Gasteiger partial charge in [0.1, 0.15) is 0 Å². The van der Waals surface area contributed by atoms with E-state index in [1.165, 1.54) is 11.1 Å². The molecule has 0 spiro atoms. The quantitative estimate of drug-likeness (QED) is 0.920. The molecule has 1 saturated carbocycles. The minimum Gasteiger partial charge on any atom is -0.334 e. The smallest absolute Gasteiger partial charge is 0.258 e. The van der Waals surface area contributed by atoms with Crippen molar-refractivity contribution < 1.29 is 4.52 Å². The molecule has 5 heteroatoms. The molecule has 0 radical (unpaired) electrons. The number of hydrogen-bond donors (Lipinski definition) is 1. The van der Waals surface area contributed by atoms with Gasteiger partial charge in [0, 0.05) is 5.56 Å². The average Bonchev–Trinajstić information content (AvgIpc) is 3.02. The van der Waals surface area contributed by atoms with Gasteiger partial charge in [-0.05, 0) is 43.9 Å². The van der Waals surface area contributed by atoms with Crippen molar-refractivity contribution in [2.45, 2.75) is 45.1 Å². The molecule has 1 aromatic heterocycles. The van der Waals surface area contributed by atoms with E-state index in [1.54, 1.807) is 0 Å². The molecular weight excluding hydrogens is 274 g/mol. The van der Waals surface area contributed by atoms with Crippen molar-refractivity contribution in [2.75, 3.05) is 0 Å². The number of rotatable bonds is 2. The van der Waals surface area contributed by atoms with E-state index in [2.05, 4.69) is 30.1 Å². The highest BCUT2D eigenvalue weighted by atomic mass is 35.5. The summed E-state index contributed by atoms with van der Waals surface area (Å²) >= 11 is 0. The summed E-state index contributed by atoms with van der Waals surface area (Å²) < 4.78 is 5.42. The first-order valence-corrected chi connectivity index (χ1v) is 6.80. The van der Waals surface area contributed by atoms with Gasteiger partial charge in [0.25, 0.3) is 5.89 Å². The molecular formula is C15H20ClN3O. The Kier molecular flexibility index (Phi) is 4.16. The molecule has 1 aromatic carbocycles. The average molecular weight is 294 g/mol. The first-order valence-electron chi connectivity index (χ1n) is 6.80. The van der Waals surface area contributed by atoms with Crippen LogP contribution in [0.25, 0.3) is 11.5 Å². The van der Waals surface area contributed by atoms with Crippen molar-refractivity contribution in [3.05, 3.63) is 35.2 Å². The molecule has 2 aromatic rings. The van der Waals surface area contributed by atoms with Crippen molar-refractivity contribution >= 4 is 12.4 Å². The molecule has 0 aliphatic heterocycles. The van der Waals surface area contributed by atoms with Crippen molar-refractivity contribution in [3.8, 4) is 11.5 Å². The fraction of sp³-hybridized carbons (Fsp3) is 0.467. The number of benzene rings is 1. The molecule has 1 aliphatic rings. The van der Waals surface area contributed by atoms with Crippen molar-refractivity contribution in [1.82, 2.24) is 10.1 Å². The fourth-order valence-electron chi connectivity index (χ4n) is 2.75. The van der Waals surface area contributed by atoms with Gasteiger partial charge in [-0.1, -0.05) is 30.1 Å². The second-order valence-electron chi connectivity index (χ2n) is 5.53. The summed E-state index contributed by atoms with van der Waals surface area (Å²) in [7, 11) is 0. The highest BCUT2D eigenvalue weighted by Crippen LogP contribution is 2.35. The molecule has 1 fully saturated rings. The SMILES string of the molecule is Cc1cccc(-c2nc(C3(N)CCCC3)no2)c1C.Cl. The van der Waals surface area contributed by atoms with Crippen LogP contribution >= 0.6 is 12.4 Å². The molecule has 108 valence electrons. The van der Waals surface area contributed by atoms with Gasteiger partial charge in [0.2, 0.25) is 0 Å². The summed E-state index contributed by atoms with van der Waals surface area (Å²) in [6.07, 6.45) is 4.17. The fourth-order valence-corrected chi connectivity index (χ4v) is 2.75. The third kappa shape index (κ3) is 2.45. The number of nitrogens with zero attached hydrogens (tertiary/aromatic N) is 2. The van der Waals surface area contributed by atoms with Crippen LogP contribution in [-0.4, -0.2) is 10.1 Å². The van der Waals surface area contributed by atoms with E-state index in [0.29, 0.717) is 11.7 Å². The number of nitrogens with two attached hydrogens (primary N) is 1. The lowest BCUT2D eigenvalue weighted by molar-refractivity contribution is 0.372. The van der Waals surface area contributed by atoms with E-state index < -0.39 is 0 Å². The van der Waals surface area contributed by atoms with E-state index in [0.717, 1.165) is 31.2 Å². The molecule has 1 heterocycles. The van der Waals surface area contributed by atoms with Crippen LogP contribution < -0.4 is 5.73 Å². The third-order valence-corrected chi connectivity index (χ3v) is 4.20. The van der Waals surface area contributed by atoms with Crippen LogP contribution in [0.4, 0.5) is 0 Å². The van der Waals surface area contributed by atoms with Gasteiger partial charge >= 0.3 is 0 Å². The maximum Gasteiger partial charge on any atom is 0.258 e. The van der Waals surface area contributed by atoms with Gasteiger partial charge in [-0.15, -0.1) is 12.4 Å². The highest BCUT2D eigenvalue weighted by Gasteiger charge is 2.36. The largest absolute Gasteiger partial charge is 0.334 e. The van der Waals surface area contributed by atoms with E-state index in [-0.39, 0.29) is 17.9 Å². The lowest BCUT2D eigenvalue weighted by atomic mass is 9.98. The molecule has 0 amide bonds. The predicted octanol–water partition coefficient (Wildman–Crippen LogP) is 3.50. The zero-order valence-corrected chi connectivity index (χ0v) is 12.7. The van der Waals surface area contributed by atoms with Crippen LogP contribution in [0.1, 0.15) is 42.6 Å². The Bertz CT molecular complexity index is 603. The van der Waals surface area contributed by atoms with Crippen LogP contribution in [0.3, 0.4) is 0 Å². The van der Waals surface area contributed by atoms with E-state index in [9.17, 15) is 0 Å². The lowest BCUT2D eigenvalue weighted by Crippen LogP contribution is -2.34. The van der Waals surface area contributed by atoms with Crippen molar-refractivity contribution in [2.24, 2.45) is 5.73 Å². The van der Waals surface area contributed by atoms with Crippen LogP contribution in [0, 0.1) is 13.8 Å². The van der Waals surface area contributed by atoms with E-state index in [4.69, 9.17) is 10.3 Å². The minimum absolute atomic E-state index is 0. The van der Waals surface area contributed by atoms with E-state index in [1.807, 2.05) is 12.1 Å². The van der Waals surface area contributed by atoms with Gasteiger partial charge in [0.15, 0.2) is 5.82 Å². The van der Waals surface area contributed by atoms with Gasteiger partial charge in [-0.3, -0.25) is 0 Å². The lowest BCUT2D eigenvalue weighted by Gasteiger charge is -2.17. The highest BCUT2D eigenvalue weighted by molar-refractivity contribution is 5.85. The van der Waals surface area contributed by atoms with Crippen LogP contribution in [0.2, 0.25) is 0 Å². The van der Waals surface area contributed by atoms with Crippen molar-refractivity contribution in [3.63, 3.8) is 0 Å². The Labute approximate surface area is 125 Å². The van der Waals surface area contributed by atoms with Gasteiger partial charge in [-0.25, -0.2) is 0 Å². The second-order valence-corrected chi connectivity index (χ2v) is 5.53. The molecule has 3 rings (SSSR count). The Morgan fingerprint density at radius 1 is 1.20 bits per heavy atom. The Hall–Kier alpha value is -1.39. The second kappa shape index (κ2) is 5.54. The maximum absolute atomic E-state index is 6.35. The van der Waals surface area contributed by atoms with Gasteiger partial charge in [-0.2, -0.15) is 4.98 Å². The van der Waals surface area contributed by atoms with Gasteiger partial charge in [0.05, 0.1) is 5.54 Å². The third-order valence-electron chi connectivity index (χ3n) is 4.20. The van der Waals surface area contributed by atoms with Crippen LogP contribution in [-0.2, 0) is 5.54 Å². The predicted molar refractivity (Wildman–Crippen MR) is 80.8 cm³/mol. The Balaban J connectivity index is 0.00000147. The van der Waals surface area contributed by atoms with E-state index >= 15 is 0 Å². The first-order chi connectivity index (χ1) is 9.10. The van der Waals surface area contributed by atoms with Crippen molar-refractivity contribution in [1.29, 1.82) is 0 Å². The molecule has 1 aliphatic carbocycles. The van der Waals surface area contributed by atoms with Crippen LogP contribution in [0.15, 0.2) is 22.7 Å². The number of halogens is 1. The summed E-state index contributed by atoms with van der Waals surface area (Å²) in [5.74, 6) is 1.23. The standard InChI is InChI=1S/C15H19N3O.ClH/c1-10-6-5-7-12(11(10)2)13-17-14(18-19-13)15(16)8-3-4-9-15;/h5-7H,3-4,8-9,16H2,1-2H3;1H. The Morgan fingerprint density at radius 2 is 1.90 bits per heavy atom.